The van der Waals surface area contributed by atoms with Gasteiger partial charge >= 0.3 is 0 Å². The molecule has 0 radical (unpaired) electrons. The van der Waals surface area contributed by atoms with Gasteiger partial charge in [-0.25, -0.2) is 12.7 Å². The fraction of sp³-hybridized carbons (Fsp3) is 0.571. The first kappa shape index (κ1) is 17.2. The van der Waals surface area contributed by atoms with Crippen molar-refractivity contribution in [2.24, 2.45) is 5.92 Å². The topological polar surface area (TPSA) is 46.6 Å². The summed E-state index contributed by atoms with van der Waals surface area (Å²) in [5, 5.41) is 0. The molecule has 0 amide bonds. The first-order valence-corrected chi connectivity index (χ1v) is 9.60. The number of hydrogen-bond donors (Lipinski definition) is 0. The summed E-state index contributed by atoms with van der Waals surface area (Å²) in [6.07, 6.45) is 1.81. The molecule has 0 atom stereocenters. The summed E-state index contributed by atoms with van der Waals surface area (Å²) in [6, 6.07) is 5.17. The Morgan fingerprint density at radius 1 is 1.38 bits per heavy atom. The summed E-state index contributed by atoms with van der Waals surface area (Å²) < 4.78 is 32.7. The Kier molecular flexibility index (Phi) is 6.08. The van der Waals surface area contributed by atoms with E-state index in [4.69, 9.17) is 16.3 Å². The smallest absolute Gasteiger partial charge is 0.243 e. The second-order valence-electron chi connectivity index (χ2n) is 5.24. The van der Waals surface area contributed by atoms with Crippen LogP contribution in [0, 0.1) is 5.92 Å². The molecular weight excluding hydrogens is 378 g/mol. The van der Waals surface area contributed by atoms with Crippen molar-refractivity contribution in [3.05, 3.63) is 28.2 Å². The fourth-order valence-electron chi connectivity index (χ4n) is 2.39. The van der Waals surface area contributed by atoms with E-state index in [2.05, 4.69) is 15.9 Å². The maximum Gasteiger partial charge on any atom is 0.243 e. The van der Waals surface area contributed by atoms with E-state index in [-0.39, 0.29) is 4.90 Å². The number of nitrogens with zero attached hydrogens (tertiary/aromatic N) is 1. The molecule has 7 heteroatoms. The van der Waals surface area contributed by atoms with E-state index >= 15 is 0 Å². The highest BCUT2D eigenvalue weighted by Gasteiger charge is 2.26. The average molecular weight is 397 g/mol. The Morgan fingerprint density at radius 3 is 2.67 bits per heavy atom. The van der Waals surface area contributed by atoms with Gasteiger partial charge in [0.1, 0.15) is 0 Å². The average Bonchev–Trinajstić information content (AvgIpc) is 2.48. The standard InChI is InChI=1S/C14H19BrClNO3S/c1-17(10-11-4-6-20-7-5-11)21(18,19)14-8-12(9-16)2-3-13(14)15/h2-3,8,11H,4-7,9-10H2,1H3. The summed E-state index contributed by atoms with van der Waals surface area (Å²) in [6.45, 7) is 1.94. The van der Waals surface area contributed by atoms with Crippen molar-refractivity contribution in [3.63, 3.8) is 0 Å². The maximum atomic E-state index is 12.7. The van der Waals surface area contributed by atoms with Crippen LogP contribution in [0.25, 0.3) is 0 Å². The van der Waals surface area contributed by atoms with Crippen LogP contribution in [0.4, 0.5) is 0 Å². The van der Waals surface area contributed by atoms with Crippen LogP contribution >= 0.6 is 27.5 Å². The summed E-state index contributed by atoms with van der Waals surface area (Å²) in [5.74, 6) is 0.646. The number of ether oxygens (including phenoxy) is 1. The Balaban J connectivity index is 2.20. The minimum Gasteiger partial charge on any atom is -0.381 e. The lowest BCUT2D eigenvalue weighted by molar-refractivity contribution is 0.0620. The molecule has 1 aromatic carbocycles. The lowest BCUT2D eigenvalue weighted by Crippen LogP contribution is -2.34. The molecule has 1 aliphatic rings. The van der Waals surface area contributed by atoms with Crippen LogP contribution < -0.4 is 0 Å². The van der Waals surface area contributed by atoms with Crippen molar-refractivity contribution in [2.45, 2.75) is 23.6 Å². The highest BCUT2D eigenvalue weighted by atomic mass is 79.9. The number of hydrogen-bond acceptors (Lipinski definition) is 3. The molecule has 0 N–H and O–H groups in total. The normalized spacial score (nSPS) is 17.3. The van der Waals surface area contributed by atoms with Gasteiger partial charge in [-0.1, -0.05) is 6.07 Å². The first-order chi connectivity index (χ1) is 9.95. The van der Waals surface area contributed by atoms with Gasteiger partial charge in [0.05, 0.1) is 4.90 Å². The molecule has 21 heavy (non-hydrogen) atoms. The van der Waals surface area contributed by atoms with E-state index in [1.54, 1.807) is 19.2 Å². The van der Waals surface area contributed by atoms with Crippen LogP contribution in [0.2, 0.25) is 0 Å². The monoisotopic (exact) mass is 395 g/mol. The third-order valence-electron chi connectivity index (χ3n) is 3.69. The van der Waals surface area contributed by atoms with E-state index in [1.165, 1.54) is 4.31 Å². The van der Waals surface area contributed by atoms with E-state index in [1.807, 2.05) is 6.07 Å². The SMILES string of the molecule is CN(CC1CCOCC1)S(=O)(=O)c1cc(CCl)ccc1Br. The Morgan fingerprint density at radius 2 is 2.05 bits per heavy atom. The zero-order chi connectivity index (χ0) is 15.5. The van der Waals surface area contributed by atoms with Crippen molar-refractivity contribution in [2.75, 3.05) is 26.8 Å². The zero-order valence-corrected chi connectivity index (χ0v) is 15.0. The van der Waals surface area contributed by atoms with Gasteiger partial charge in [0.15, 0.2) is 0 Å². The lowest BCUT2D eigenvalue weighted by Gasteiger charge is -2.27. The van der Waals surface area contributed by atoms with Crippen LogP contribution in [-0.4, -0.2) is 39.5 Å². The largest absolute Gasteiger partial charge is 0.381 e. The molecule has 0 aromatic heterocycles. The molecule has 1 fully saturated rings. The van der Waals surface area contributed by atoms with Crippen LogP contribution in [0.3, 0.4) is 0 Å². The summed E-state index contributed by atoms with van der Waals surface area (Å²) in [5.41, 5.74) is 0.790. The van der Waals surface area contributed by atoms with Crippen molar-refractivity contribution in [3.8, 4) is 0 Å². The Bertz CT molecular complexity index is 588. The van der Waals surface area contributed by atoms with Crippen molar-refractivity contribution in [1.82, 2.24) is 4.31 Å². The minimum atomic E-state index is -3.51. The second kappa shape index (κ2) is 7.42. The summed E-state index contributed by atoms with van der Waals surface area (Å²) >= 11 is 9.12. The highest BCUT2D eigenvalue weighted by molar-refractivity contribution is 9.10. The van der Waals surface area contributed by atoms with Gasteiger partial charge in [-0.15, -0.1) is 11.6 Å². The van der Waals surface area contributed by atoms with Crippen LogP contribution in [-0.2, 0) is 20.6 Å². The Labute approximate surface area is 139 Å². The maximum absolute atomic E-state index is 12.7. The molecule has 0 saturated carbocycles. The van der Waals surface area contributed by atoms with Gasteiger partial charge < -0.3 is 4.74 Å². The number of benzene rings is 1. The third-order valence-corrected chi connectivity index (χ3v) is 6.82. The van der Waals surface area contributed by atoms with E-state index in [9.17, 15) is 8.42 Å². The second-order valence-corrected chi connectivity index (χ2v) is 8.37. The molecule has 118 valence electrons. The molecule has 0 aliphatic carbocycles. The van der Waals surface area contributed by atoms with Crippen molar-refractivity contribution in [1.29, 1.82) is 0 Å². The molecule has 1 saturated heterocycles. The Hall–Kier alpha value is -0.140. The van der Waals surface area contributed by atoms with Gasteiger partial charge in [-0.05, 0) is 52.4 Å². The van der Waals surface area contributed by atoms with Crippen molar-refractivity contribution < 1.29 is 13.2 Å². The molecular formula is C14H19BrClNO3S. The van der Waals surface area contributed by atoms with Gasteiger partial charge in [0.2, 0.25) is 10.0 Å². The zero-order valence-electron chi connectivity index (χ0n) is 11.9. The number of sulfonamides is 1. The highest BCUT2D eigenvalue weighted by Crippen LogP contribution is 2.27. The number of halogens is 2. The van der Waals surface area contributed by atoms with Crippen LogP contribution in [0.5, 0.6) is 0 Å². The summed E-state index contributed by atoms with van der Waals surface area (Å²) in [7, 11) is -1.89. The predicted octanol–water partition coefficient (Wildman–Crippen LogP) is 3.24. The lowest BCUT2D eigenvalue weighted by atomic mass is 10.0. The number of alkyl halides is 1. The molecule has 2 rings (SSSR count). The molecule has 0 bridgehead atoms. The molecule has 4 nitrogen and oxygen atoms in total. The molecule has 1 aromatic rings. The molecule has 1 aliphatic heterocycles. The minimum absolute atomic E-state index is 0.273. The molecule has 0 unspecified atom stereocenters. The van der Waals surface area contributed by atoms with Crippen LogP contribution in [0.1, 0.15) is 18.4 Å². The predicted molar refractivity (Wildman–Crippen MR) is 87.1 cm³/mol. The van der Waals surface area contributed by atoms with Crippen LogP contribution in [0.15, 0.2) is 27.6 Å². The van der Waals surface area contributed by atoms with Gasteiger partial charge in [0, 0.05) is 37.2 Å². The molecule has 0 spiro atoms. The van der Waals surface area contributed by atoms with E-state index in [0.717, 1.165) is 18.4 Å². The van der Waals surface area contributed by atoms with E-state index in [0.29, 0.717) is 36.0 Å². The quantitative estimate of drug-likeness (QED) is 0.718. The first-order valence-electron chi connectivity index (χ1n) is 6.83. The third kappa shape index (κ3) is 4.20. The van der Waals surface area contributed by atoms with Gasteiger partial charge in [-0.3, -0.25) is 0 Å². The summed E-state index contributed by atoms with van der Waals surface area (Å²) in [4.78, 5) is 0.273. The molecule has 1 heterocycles. The van der Waals surface area contributed by atoms with E-state index < -0.39 is 10.0 Å². The number of rotatable bonds is 5. The van der Waals surface area contributed by atoms with Gasteiger partial charge in [0.25, 0.3) is 0 Å². The van der Waals surface area contributed by atoms with Crippen molar-refractivity contribution >= 4 is 37.6 Å². The van der Waals surface area contributed by atoms with Gasteiger partial charge in [-0.2, -0.15) is 0 Å². The fourth-order valence-corrected chi connectivity index (χ4v) is 4.77.